The third kappa shape index (κ3) is 2.63. The maximum atomic E-state index is 10.2. The molecule has 0 saturated carbocycles. The molecule has 23 heavy (non-hydrogen) atoms. The van der Waals surface area contributed by atoms with Crippen LogP contribution >= 0.6 is 0 Å². The van der Waals surface area contributed by atoms with Crippen LogP contribution in [-0.4, -0.2) is 30.3 Å². The van der Waals surface area contributed by atoms with E-state index in [0.29, 0.717) is 22.5 Å². The second-order valence-corrected chi connectivity index (χ2v) is 5.35. The third-order valence-electron chi connectivity index (χ3n) is 3.81. The number of methoxy groups -OCH3 is 1. The molecule has 5 nitrogen and oxygen atoms in total. The van der Waals surface area contributed by atoms with Gasteiger partial charge in [0.2, 0.25) is 0 Å². The highest BCUT2D eigenvalue weighted by molar-refractivity contribution is 6.34. The number of hydrogen-bond donors (Lipinski definition) is 2. The molecule has 0 bridgehead atoms. The predicted octanol–water partition coefficient (Wildman–Crippen LogP) is 2.00. The maximum Gasteiger partial charge on any atom is 0.144 e. The Morgan fingerprint density at radius 1 is 1.09 bits per heavy atom. The number of nitrogens with zero attached hydrogens (tertiary/aromatic N) is 1. The molecule has 0 aliphatic carbocycles. The van der Waals surface area contributed by atoms with Crippen molar-refractivity contribution in [1.82, 2.24) is 5.16 Å². The van der Waals surface area contributed by atoms with E-state index in [9.17, 15) is 10.2 Å². The minimum absolute atomic E-state index is 0.0393. The zero-order chi connectivity index (χ0) is 16.6. The number of phenols is 2. The summed E-state index contributed by atoms with van der Waals surface area (Å²) in [5.74, 6) is 1.40. The zero-order valence-electron chi connectivity index (χ0n) is 13.1. The largest absolute Gasteiger partial charge is 0.508 e. The SMILES string of the molecule is Bc1cc(-c2noc(C)c2-c2ccc(OC)cc2)c(O)cc1O. The molecule has 116 valence electrons. The molecular formula is C17H16BNO4. The summed E-state index contributed by atoms with van der Waals surface area (Å²) in [5, 5.41) is 24.0. The first kappa shape index (κ1) is 15.0. The molecular weight excluding hydrogens is 293 g/mol. The van der Waals surface area contributed by atoms with Gasteiger partial charge in [-0.15, -0.1) is 0 Å². The lowest BCUT2D eigenvalue weighted by Crippen LogP contribution is -2.03. The van der Waals surface area contributed by atoms with E-state index in [-0.39, 0.29) is 11.5 Å². The fourth-order valence-corrected chi connectivity index (χ4v) is 2.53. The molecule has 0 saturated heterocycles. The number of aromatic hydroxyl groups is 2. The molecule has 0 amide bonds. The number of aromatic nitrogens is 1. The summed E-state index contributed by atoms with van der Waals surface area (Å²) in [6.45, 7) is 1.82. The number of benzene rings is 2. The van der Waals surface area contributed by atoms with Gasteiger partial charge in [0, 0.05) is 11.6 Å². The van der Waals surface area contributed by atoms with Crippen LogP contribution in [0.3, 0.4) is 0 Å². The van der Waals surface area contributed by atoms with Gasteiger partial charge in [0.15, 0.2) is 0 Å². The minimum Gasteiger partial charge on any atom is -0.508 e. The highest BCUT2D eigenvalue weighted by Gasteiger charge is 2.20. The van der Waals surface area contributed by atoms with Crippen LogP contribution < -0.4 is 10.2 Å². The van der Waals surface area contributed by atoms with Crippen LogP contribution in [0.2, 0.25) is 0 Å². The Morgan fingerprint density at radius 3 is 2.43 bits per heavy atom. The van der Waals surface area contributed by atoms with Crippen LogP contribution in [0.1, 0.15) is 5.76 Å². The zero-order valence-corrected chi connectivity index (χ0v) is 13.1. The van der Waals surface area contributed by atoms with Gasteiger partial charge < -0.3 is 19.5 Å². The van der Waals surface area contributed by atoms with Crippen LogP contribution in [0.5, 0.6) is 17.2 Å². The smallest absolute Gasteiger partial charge is 0.144 e. The van der Waals surface area contributed by atoms with Gasteiger partial charge in [-0.05, 0) is 30.1 Å². The Bertz CT molecular complexity index is 856. The Morgan fingerprint density at radius 2 is 1.78 bits per heavy atom. The Kier molecular flexibility index (Phi) is 3.74. The van der Waals surface area contributed by atoms with Crippen molar-refractivity contribution in [3.63, 3.8) is 0 Å². The van der Waals surface area contributed by atoms with E-state index in [2.05, 4.69) is 5.16 Å². The average Bonchev–Trinajstić information content (AvgIpc) is 2.92. The van der Waals surface area contributed by atoms with Gasteiger partial charge in [0.05, 0.1) is 12.7 Å². The highest BCUT2D eigenvalue weighted by atomic mass is 16.5. The third-order valence-corrected chi connectivity index (χ3v) is 3.81. The van der Waals surface area contributed by atoms with Crippen molar-refractivity contribution in [2.24, 2.45) is 0 Å². The van der Waals surface area contributed by atoms with Crippen LogP contribution in [0.15, 0.2) is 40.9 Å². The molecule has 1 aromatic heterocycles. The van der Waals surface area contributed by atoms with Gasteiger partial charge in [-0.25, -0.2) is 0 Å². The van der Waals surface area contributed by atoms with E-state index in [1.807, 2.05) is 31.2 Å². The molecule has 6 heteroatoms. The molecule has 0 fully saturated rings. The molecule has 0 aliphatic rings. The van der Waals surface area contributed by atoms with Crippen LogP contribution in [0.25, 0.3) is 22.4 Å². The first-order chi connectivity index (χ1) is 11.0. The summed E-state index contributed by atoms with van der Waals surface area (Å²) >= 11 is 0. The lowest BCUT2D eigenvalue weighted by molar-refractivity contribution is 0.399. The second kappa shape index (κ2) is 5.72. The average molecular weight is 309 g/mol. The molecule has 0 unspecified atom stereocenters. The number of phenolic OH excluding ortho intramolecular Hbond substituents is 2. The quantitative estimate of drug-likeness (QED) is 0.724. The molecule has 2 aromatic carbocycles. The fraction of sp³-hybridized carbons (Fsp3) is 0.118. The number of aryl methyl sites for hydroxylation is 1. The summed E-state index contributed by atoms with van der Waals surface area (Å²) in [6, 6.07) is 10.5. The number of ether oxygens (including phenoxy) is 1. The van der Waals surface area contributed by atoms with Gasteiger partial charge in [-0.1, -0.05) is 23.4 Å². The summed E-state index contributed by atoms with van der Waals surface area (Å²) in [4.78, 5) is 0. The minimum atomic E-state index is -0.0452. The second-order valence-electron chi connectivity index (χ2n) is 5.35. The molecule has 0 aliphatic heterocycles. The fourth-order valence-electron chi connectivity index (χ4n) is 2.53. The van der Waals surface area contributed by atoms with E-state index in [0.717, 1.165) is 16.9 Å². The summed E-state index contributed by atoms with van der Waals surface area (Å²) in [5.41, 5.74) is 3.41. The summed E-state index contributed by atoms with van der Waals surface area (Å²) in [7, 11) is 3.38. The highest BCUT2D eigenvalue weighted by Crippen LogP contribution is 2.39. The Balaban J connectivity index is 2.17. The first-order valence-corrected chi connectivity index (χ1v) is 7.15. The Labute approximate surface area is 134 Å². The van der Waals surface area contributed by atoms with Crippen molar-refractivity contribution in [2.45, 2.75) is 6.92 Å². The van der Waals surface area contributed by atoms with E-state index in [1.165, 1.54) is 6.07 Å². The molecule has 1 heterocycles. The number of hydrogen-bond acceptors (Lipinski definition) is 5. The van der Waals surface area contributed by atoms with Crippen molar-refractivity contribution >= 4 is 13.3 Å². The molecule has 0 radical (unpaired) electrons. The molecule has 2 N–H and O–H groups in total. The monoisotopic (exact) mass is 309 g/mol. The van der Waals surface area contributed by atoms with Gasteiger partial charge in [-0.3, -0.25) is 0 Å². The lowest BCUT2D eigenvalue weighted by atomic mass is 9.90. The van der Waals surface area contributed by atoms with Gasteiger partial charge in [0.25, 0.3) is 0 Å². The Hall–Kier alpha value is -2.89. The van der Waals surface area contributed by atoms with Gasteiger partial charge in [-0.2, -0.15) is 0 Å². The molecule has 0 spiro atoms. The van der Waals surface area contributed by atoms with Crippen LogP contribution in [0.4, 0.5) is 0 Å². The maximum absolute atomic E-state index is 10.2. The summed E-state index contributed by atoms with van der Waals surface area (Å²) in [6.07, 6.45) is 0. The van der Waals surface area contributed by atoms with Gasteiger partial charge in [0.1, 0.15) is 36.5 Å². The topological polar surface area (TPSA) is 75.7 Å². The van der Waals surface area contributed by atoms with Crippen molar-refractivity contribution < 1.29 is 19.5 Å². The molecule has 0 atom stereocenters. The van der Waals surface area contributed by atoms with Crippen LogP contribution in [0, 0.1) is 6.92 Å². The van der Waals surface area contributed by atoms with Crippen LogP contribution in [-0.2, 0) is 0 Å². The van der Waals surface area contributed by atoms with E-state index in [1.54, 1.807) is 21.0 Å². The van der Waals surface area contributed by atoms with E-state index < -0.39 is 0 Å². The molecule has 3 aromatic rings. The molecule has 3 rings (SSSR count). The number of rotatable bonds is 3. The normalized spacial score (nSPS) is 10.7. The summed E-state index contributed by atoms with van der Waals surface area (Å²) < 4.78 is 10.5. The first-order valence-electron chi connectivity index (χ1n) is 7.15. The standard InChI is InChI=1S/C17H16BNO4/c1-9-16(10-3-5-11(22-2)6-4-10)17(19-23-9)12-7-13(18)15(21)8-14(12)20/h3-8,20-21H,18H2,1-2H3. The van der Waals surface area contributed by atoms with Gasteiger partial charge >= 0.3 is 0 Å². The lowest BCUT2D eigenvalue weighted by Gasteiger charge is -2.08. The van der Waals surface area contributed by atoms with E-state index in [4.69, 9.17) is 9.26 Å². The van der Waals surface area contributed by atoms with Crippen molar-refractivity contribution in [3.05, 3.63) is 42.2 Å². The van der Waals surface area contributed by atoms with Crippen molar-refractivity contribution in [3.8, 4) is 39.6 Å². The van der Waals surface area contributed by atoms with Crippen molar-refractivity contribution in [2.75, 3.05) is 7.11 Å². The van der Waals surface area contributed by atoms with Crippen molar-refractivity contribution in [1.29, 1.82) is 0 Å². The predicted molar refractivity (Wildman–Crippen MR) is 90.2 cm³/mol. The van der Waals surface area contributed by atoms with E-state index >= 15 is 0 Å².